The molecule has 2 nitrogen and oxygen atoms in total. The van der Waals surface area contributed by atoms with Gasteiger partial charge in [-0.2, -0.15) is 0 Å². The smallest absolute Gasteiger partial charge is 0.140 e. The van der Waals surface area contributed by atoms with E-state index in [4.69, 9.17) is 5.11 Å². The molecule has 0 aromatic carbocycles. The predicted molar refractivity (Wildman–Crippen MR) is 64.5 cm³/mol. The fourth-order valence-corrected chi connectivity index (χ4v) is 0.827. The van der Waals surface area contributed by atoms with E-state index in [1.165, 1.54) is 6.08 Å². The lowest BCUT2D eigenvalue weighted by Crippen LogP contribution is -2.13. The first-order chi connectivity index (χ1) is 7.20. The van der Waals surface area contributed by atoms with Gasteiger partial charge in [0.15, 0.2) is 0 Å². The molecule has 0 aliphatic carbocycles. The van der Waals surface area contributed by atoms with Gasteiger partial charge in [-0.25, -0.2) is 4.39 Å². The summed E-state index contributed by atoms with van der Waals surface area (Å²) < 4.78 is 11.7. The summed E-state index contributed by atoms with van der Waals surface area (Å²) in [6, 6.07) is 0. The van der Waals surface area contributed by atoms with Crippen LogP contribution in [0.1, 0.15) is 13.3 Å². The lowest BCUT2D eigenvalue weighted by Gasteiger charge is -2.00. The van der Waals surface area contributed by atoms with Crippen molar-refractivity contribution in [3.63, 3.8) is 0 Å². The average Bonchev–Trinajstić information content (AvgIpc) is 2.26. The fraction of sp³-hybridized carbons (Fsp3) is 0.333. The second-order valence-corrected chi connectivity index (χ2v) is 2.57. The molecule has 0 aliphatic heterocycles. The lowest BCUT2D eigenvalue weighted by atomic mass is 10.1. The number of allylic oxidation sites excluding steroid dienone is 3. The molecular weight excluding hydrogens is 193 g/mol. The van der Waals surface area contributed by atoms with Crippen molar-refractivity contribution in [3.8, 4) is 0 Å². The van der Waals surface area contributed by atoms with E-state index in [1.54, 1.807) is 6.08 Å². The summed E-state index contributed by atoms with van der Waals surface area (Å²) in [5, 5.41) is 11.4. The molecule has 3 heteroatoms. The van der Waals surface area contributed by atoms with Crippen LogP contribution in [0.3, 0.4) is 0 Å². The van der Waals surface area contributed by atoms with Crippen molar-refractivity contribution in [3.05, 3.63) is 49.3 Å². The van der Waals surface area contributed by atoms with Crippen molar-refractivity contribution in [2.45, 2.75) is 13.3 Å². The second-order valence-electron chi connectivity index (χ2n) is 2.57. The maximum absolute atomic E-state index is 11.7. The van der Waals surface area contributed by atoms with Crippen LogP contribution in [0.25, 0.3) is 0 Å². The van der Waals surface area contributed by atoms with Gasteiger partial charge >= 0.3 is 0 Å². The topological polar surface area (TPSA) is 32.3 Å². The van der Waals surface area contributed by atoms with E-state index in [0.717, 1.165) is 12.0 Å². The van der Waals surface area contributed by atoms with E-state index in [9.17, 15) is 4.39 Å². The zero-order chi connectivity index (χ0) is 12.1. The molecule has 0 rings (SSSR count). The Balaban J connectivity index is 0. The van der Waals surface area contributed by atoms with Gasteiger partial charge < -0.3 is 5.11 Å². The average molecular weight is 213 g/mol. The Kier molecular flexibility index (Phi) is 13.6. The molecule has 0 fully saturated rings. The molecule has 0 aliphatic rings. The Morgan fingerprint density at radius 1 is 1.40 bits per heavy atom. The van der Waals surface area contributed by atoms with E-state index in [-0.39, 0.29) is 5.76 Å². The zero-order valence-corrected chi connectivity index (χ0v) is 9.30. The lowest BCUT2D eigenvalue weighted by molar-refractivity contribution is 0.428. The number of aliphatic hydroxyl groups excluding tert-OH is 1. The van der Waals surface area contributed by atoms with Crippen molar-refractivity contribution in [2.75, 3.05) is 13.3 Å². The summed E-state index contributed by atoms with van der Waals surface area (Å²) in [7, 11) is 0. The highest BCUT2D eigenvalue weighted by atomic mass is 19.1. The molecule has 0 heterocycles. The molecule has 0 spiro atoms. The normalized spacial score (nSPS) is 10.9. The Bertz CT molecular complexity index is 222. The summed E-state index contributed by atoms with van der Waals surface area (Å²) in [5.41, 5.74) is 1.04. The molecule has 15 heavy (non-hydrogen) atoms. The molecule has 0 radical (unpaired) electrons. The first-order valence-corrected chi connectivity index (χ1v) is 4.68. The second kappa shape index (κ2) is 12.7. The van der Waals surface area contributed by atoms with Crippen LogP contribution in [0, 0.1) is 0 Å². The first-order valence-electron chi connectivity index (χ1n) is 4.68. The van der Waals surface area contributed by atoms with Gasteiger partial charge in [-0.15, -0.1) is 13.2 Å². The molecule has 0 aromatic heterocycles. The van der Waals surface area contributed by atoms with Crippen LogP contribution in [0.15, 0.2) is 49.3 Å². The SMILES string of the molecule is C=C.C=C(O)/C=C\C(=C/C)CCNCF. The molecule has 0 bridgehead atoms. The molecule has 0 atom stereocenters. The molecule has 86 valence electrons. The van der Waals surface area contributed by atoms with E-state index in [2.05, 4.69) is 25.1 Å². The number of hydrogen-bond acceptors (Lipinski definition) is 2. The Morgan fingerprint density at radius 3 is 2.40 bits per heavy atom. The van der Waals surface area contributed by atoms with Crippen LogP contribution < -0.4 is 5.32 Å². The Morgan fingerprint density at radius 2 is 2.00 bits per heavy atom. The van der Waals surface area contributed by atoms with E-state index >= 15 is 0 Å². The maximum Gasteiger partial charge on any atom is 0.140 e. The summed E-state index contributed by atoms with van der Waals surface area (Å²) in [6.45, 7) is 11.3. The largest absolute Gasteiger partial charge is 0.509 e. The van der Waals surface area contributed by atoms with E-state index in [1.807, 2.05) is 13.0 Å². The molecule has 0 amide bonds. The van der Waals surface area contributed by atoms with Crippen molar-refractivity contribution in [1.82, 2.24) is 5.32 Å². The third-order valence-corrected chi connectivity index (χ3v) is 1.55. The van der Waals surface area contributed by atoms with Crippen LogP contribution >= 0.6 is 0 Å². The van der Waals surface area contributed by atoms with Crippen LogP contribution in [0.5, 0.6) is 0 Å². The molecule has 0 unspecified atom stereocenters. The number of alkyl halides is 1. The van der Waals surface area contributed by atoms with Gasteiger partial charge in [-0.3, -0.25) is 5.32 Å². The Hall–Kier alpha value is -1.35. The van der Waals surface area contributed by atoms with Crippen molar-refractivity contribution >= 4 is 0 Å². The standard InChI is InChI=1S/C10H16FNO.C2H4/c1-3-10(5-4-9(2)13)6-7-12-8-11;1-2/h3-5,12-13H,2,6-8H2,1H3;1-2H2/b5-4-,10-3+;. The molecule has 0 saturated heterocycles. The third kappa shape index (κ3) is 12.6. The molecule has 0 aromatic rings. The minimum atomic E-state index is -0.507. The van der Waals surface area contributed by atoms with Crippen LogP contribution in [0.4, 0.5) is 4.39 Å². The van der Waals surface area contributed by atoms with Crippen LogP contribution in [-0.4, -0.2) is 18.4 Å². The number of aliphatic hydroxyl groups is 1. The van der Waals surface area contributed by atoms with E-state index in [0.29, 0.717) is 6.54 Å². The van der Waals surface area contributed by atoms with Gasteiger partial charge in [0.1, 0.15) is 12.6 Å². The highest BCUT2D eigenvalue weighted by molar-refractivity contribution is 5.22. The van der Waals surface area contributed by atoms with Gasteiger partial charge in [-0.1, -0.05) is 24.3 Å². The summed E-state index contributed by atoms with van der Waals surface area (Å²) >= 11 is 0. The number of rotatable bonds is 6. The summed E-state index contributed by atoms with van der Waals surface area (Å²) in [6.07, 6.45) is 5.94. The highest BCUT2D eigenvalue weighted by Crippen LogP contribution is 2.03. The quantitative estimate of drug-likeness (QED) is 0.233. The maximum atomic E-state index is 11.7. The van der Waals surface area contributed by atoms with Gasteiger partial charge in [-0.05, 0) is 19.4 Å². The minimum absolute atomic E-state index is 0.0257. The first kappa shape index (κ1) is 16.1. The van der Waals surface area contributed by atoms with Crippen molar-refractivity contribution in [2.24, 2.45) is 0 Å². The Labute approximate surface area is 91.5 Å². The molecular formula is C12H20FNO. The van der Waals surface area contributed by atoms with Gasteiger partial charge in [0, 0.05) is 6.54 Å². The van der Waals surface area contributed by atoms with E-state index < -0.39 is 6.80 Å². The number of nitrogens with one attached hydrogen (secondary N) is 1. The summed E-state index contributed by atoms with van der Waals surface area (Å²) in [5.74, 6) is 0.0257. The van der Waals surface area contributed by atoms with Gasteiger partial charge in [0.25, 0.3) is 0 Å². The van der Waals surface area contributed by atoms with Crippen molar-refractivity contribution < 1.29 is 9.50 Å². The zero-order valence-electron chi connectivity index (χ0n) is 9.30. The van der Waals surface area contributed by atoms with Crippen LogP contribution in [0.2, 0.25) is 0 Å². The number of hydrogen-bond donors (Lipinski definition) is 2. The number of halogens is 1. The highest BCUT2D eigenvalue weighted by Gasteiger charge is 1.91. The summed E-state index contributed by atoms with van der Waals surface area (Å²) in [4.78, 5) is 0. The third-order valence-electron chi connectivity index (χ3n) is 1.55. The molecule has 2 N–H and O–H groups in total. The van der Waals surface area contributed by atoms with Gasteiger partial charge in [0.2, 0.25) is 0 Å². The van der Waals surface area contributed by atoms with Gasteiger partial charge in [0.05, 0.1) is 0 Å². The van der Waals surface area contributed by atoms with Crippen molar-refractivity contribution in [1.29, 1.82) is 0 Å². The predicted octanol–water partition coefficient (Wildman–Crippen LogP) is 3.27. The minimum Gasteiger partial charge on any atom is -0.509 e. The molecule has 0 saturated carbocycles. The van der Waals surface area contributed by atoms with Crippen LogP contribution in [-0.2, 0) is 0 Å². The fourth-order valence-electron chi connectivity index (χ4n) is 0.827. The monoisotopic (exact) mass is 213 g/mol.